The minimum Gasteiger partial charge on any atom is -0.493 e. The third-order valence-corrected chi connectivity index (χ3v) is 8.40. The van der Waals surface area contributed by atoms with Crippen molar-refractivity contribution >= 4 is 21.9 Å². The van der Waals surface area contributed by atoms with Crippen LogP contribution >= 0.6 is 0 Å². The molecule has 3 N–H and O–H groups in total. The highest BCUT2D eigenvalue weighted by Gasteiger charge is 2.40. The number of anilines is 1. The van der Waals surface area contributed by atoms with Gasteiger partial charge in [0.15, 0.2) is 0 Å². The van der Waals surface area contributed by atoms with E-state index in [2.05, 4.69) is 25.5 Å². The molecule has 2 aliphatic rings. The van der Waals surface area contributed by atoms with Crippen molar-refractivity contribution < 1.29 is 26.6 Å². The first-order valence-corrected chi connectivity index (χ1v) is 14.5. The Kier molecular flexibility index (Phi) is 8.02. The second kappa shape index (κ2) is 10.8. The summed E-state index contributed by atoms with van der Waals surface area (Å²) in [6.45, 7) is 11.8. The Balaban J connectivity index is 0.00000280. The number of nitrogens with zero attached hydrogens (tertiary/aromatic N) is 3. The number of amides is 1. The van der Waals surface area contributed by atoms with Crippen molar-refractivity contribution in [2.24, 2.45) is 17.6 Å². The van der Waals surface area contributed by atoms with E-state index in [-0.39, 0.29) is 40.4 Å². The van der Waals surface area contributed by atoms with Gasteiger partial charge in [-0.25, -0.2) is 14.1 Å². The number of nitrogens with one attached hydrogen (secondary N) is 1. The van der Waals surface area contributed by atoms with Crippen molar-refractivity contribution in [2.45, 2.75) is 59.0 Å². The maximum Gasteiger partial charge on any atom is 0.304 e. The molecular formula is C27H44FN5O4S. The van der Waals surface area contributed by atoms with Crippen LogP contribution in [0.4, 0.5) is 10.2 Å². The van der Waals surface area contributed by atoms with Gasteiger partial charge in [-0.15, -0.1) is 0 Å². The zero-order valence-electron chi connectivity index (χ0n) is 22.7. The number of aromatic nitrogens is 1. The maximum atomic E-state index is 14.5. The van der Waals surface area contributed by atoms with Crippen LogP contribution in [0.5, 0.6) is 5.75 Å². The molecule has 0 bridgehead atoms. The van der Waals surface area contributed by atoms with Crippen LogP contribution in [0.2, 0.25) is 0 Å². The highest BCUT2D eigenvalue weighted by atomic mass is 32.2. The second-order valence-corrected chi connectivity index (χ2v) is 13.2. The van der Waals surface area contributed by atoms with E-state index in [0.29, 0.717) is 48.3 Å². The molecule has 2 aliphatic heterocycles. The van der Waals surface area contributed by atoms with Crippen molar-refractivity contribution in [1.29, 1.82) is 0 Å². The Morgan fingerprint density at radius 2 is 2.03 bits per heavy atom. The number of benzene rings is 1. The molecule has 214 valence electrons. The van der Waals surface area contributed by atoms with Gasteiger partial charge in [0.2, 0.25) is 0 Å². The number of halogens is 1. The topological polar surface area (TPSA) is 118 Å². The number of carbonyl (C=O) groups excluding carboxylic acids is 1. The number of pyridine rings is 1. The molecule has 2 aromatic rings. The largest absolute Gasteiger partial charge is 0.493 e. The van der Waals surface area contributed by atoms with Gasteiger partial charge in [-0.1, -0.05) is 20.8 Å². The first-order chi connectivity index (χ1) is 17.7. The van der Waals surface area contributed by atoms with E-state index in [1.54, 1.807) is 18.2 Å². The van der Waals surface area contributed by atoms with E-state index in [1.165, 1.54) is 16.4 Å². The molecule has 38 heavy (non-hydrogen) atoms. The Labute approximate surface area is 229 Å². The van der Waals surface area contributed by atoms with Gasteiger partial charge in [0.05, 0.1) is 17.9 Å². The molecule has 0 spiro atoms. The monoisotopic (exact) mass is 553 g/mol. The van der Waals surface area contributed by atoms with Crippen molar-refractivity contribution in [3.8, 4) is 17.0 Å². The zero-order valence-corrected chi connectivity index (χ0v) is 23.5. The lowest BCUT2D eigenvalue weighted by molar-refractivity contribution is 0.0979. The first kappa shape index (κ1) is 28.3. The van der Waals surface area contributed by atoms with Crippen molar-refractivity contribution in [3.63, 3.8) is 0 Å². The Hall–Kier alpha value is -2.76. The van der Waals surface area contributed by atoms with Crippen LogP contribution in [0.3, 0.4) is 0 Å². The summed E-state index contributed by atoms with van der Waals surface area (Å²) in [5.41, 5.74) is 6.63. The normalized spacial score (nSPS) is 21.7. The number of nitrogens with two attached hydrogens (primary N) is 1. The van der Waals surface area contributed by atoms with E-state index in [9.17, 15) is 17.6 Å². The summed E-state index contributed by atoms with van der Waals surface area (Å²) < 4.78 is 49.4. The Bertz CT molecular complexity index is 1320. The summed E-state index contributed by atoms with van der Waals surface area (Å²) >= 11 is 0. The molecule has 2 saturated heterocycles. The first-order valence-electron chi connectivity index (χ1n) is 13.1. The number of hydrogen-bond donors (Lipinski definition) is 2. The van der Waals surface area contributed by atoms with E-state index >= 15 is 0 Å². The molecule has 0 aliphatic carbocycles. The van der Waals surface area contributed by atoms with E-state index in [1.807, 2.05) is 18.7 Å². The average molecular weight is 554 g/mol. The van der Waals surface area contributed by atoms with E-state index in [4.69, 9.17) is 15.5 Å². The quantitative estimate of drug-likeness (QED) is 0.501. The smallest absolute Gasteiger partial charge is 0.304 e. The molecule has 4 rings (SSSR count). The van der Waals surface area contributed by atoms with E-state index < -0.39 is 21.9 Å². The summed E-state index contributed by atoms with van der Waals surface area (Å²) in [4.78, 5) is 20.2. The lowest BCUT2D eigenvalue weighted by atomic mass is 9.97. The van der Waals surface area contributed by atoms with Gasteiger partial charge in [0.1, 0.15) is 17.4 Å². The van der Waals surface area contributed by atoms with Crippen molar-refractivity contribution in [1.82, 2.24) is 14.0 Å². The average Bonchev–Trinajstić information content (AvgIpc) is 3.38. The predicted octanol–water partition coefficient (Wildman–Crippen LogP) is 4.29. The SMILES string of the molecule is CC(C)COc1cc(F)cc(-c2ccc(C(=O)NS(=O)(=O)N3CC[C@H](N)C3)c(N3C[C@@H](C)CC3(C)C)n2)c1.[HH].[HH].[HH]. The maximum absolute atomic E-state index is 14.5. The molecule has 0 unspecified atom stereocenters. The van der Waals surface area contributed by atoms with Crippen molar-refractivity contribution in [3.05, 3.63) is 41.7 Å². The molecule has 2 atom stereocenters. The highest BCUT2D eigenvalue weighted by molar-refractivity contribution is 7.87. The molecule has 1 aromatic carbocycles. The van der Waals surface area contributed by atoms with Gasteiger partial charge in [-0.3, -0.25) is 4.79 Å². The minimum atomic E-state index is -4.07. The third-order valence-electron chi connectivity index (χ3n) is 6.95. The second-order valence-electron chi connectivity index (χ2n) is 11.5. The van der Waals surface area contributed by atoms with Crippen LogP contribution in [0.15, 0.2) is 30.3 Å². The number of ether oxygens (including phenoxy) is 1. The molecule has 2 fully saturated rings. The standard InChI is InChI=1S/C27H38FN5O4S.3H2/c1-17(2)16-37-22-11-19(10-20(28)12-22)24-7-6-23(25(30-24)33-14-18(3)13-27(33,4)5)26(34)31-38(35,36)32-9-8-21(29)15-32;;;/h6-7,10-12,17-18,21H,8-9,13-16,29H2,1-5H3,(H,31,34);3*1H/t18-,21-;;;/m0.../s1. The van der Waals surface area contributed by atoms with Gasteiger partial charge < -0.3 is 15.4 Å². The fourth-order valence-electron chi connectivity index (χ4n) is 5.22. The molecule has 11 heteroatoms. The minimum absolute atomic E-state index is 0. The summed E-state index contributed by atoms with van der Waals surface area (Å²) in [6.07, 6.45) is 1.41. The van der Waals surface area contributed by atoms with Crippen molar-refractivity contribution in [2.75, 3.05) is 31.1 Å². The molecule has 1 aromatic heterocycles. The Morgan fingerprint density at radius 3 is 2.63 bits per heavy atom. The van der Waals surface area contributed by atoms with Crippen LogP contribution in [0, 0.1) is 17.7 Å². The summed E-state index contributed by atoms with van der Waals surface area (Å²) in [5.74, 6) is 0.134. The number of rotatable bonds is 8. The molecular weight excluding hydrogens is 509 g/mol. The van der Waals surface area contributed by atoms with Gasteiger partial charge in [0, 0.05) is 47.1 Å². The predicted molar refractivity (Wildman–Crippen MR) is 152 cm³/mol. The molecule has 0 saturated carbocycles. The summed E-state index contributed by atoms with van der Waals surface area (Å²) in [6, 6.07) is 7.31. The summed E-state index contributed by atoms with van der Waals surface area (Å²) in [7, 11) is -4.07. The molecule has 9 nitrogen and oxygen atoms in total. The lowest BCUT2D eigenvalue weighted by Gasteiger charge is -2.34. The van der Waals surface area contributed by atoms with Crippen LogP contribution in [-0.4, -0.2) is 61.4 Å². The van der Waals surface area contributed by atoms with Gasteiger partial charge >= 0.3 is 10.2 Å². The molecule has 3 heterocycles. The lowest BCUT2D eigenvalue weighted by Crippen LogP contribution is -2.44. The van der Waals surface area contributed by atoms with Gasteiger partial charge in [0.25, 0.3) is 5.91 Å². The number of carbonyl (C=O) groups is 1. The highest BCUT2D eigenvalue weighted by Crippen LogP contribution is 2.38. The van der Waals surface area contributed by atoms with Crippen LogP contribution in [0.25, 0.3) is 11.3 Å². The van der Waals surface area contributed by atoms with Crippen LogP contribution < -0.4 is 20.1 Å². The van der Waals surface area contributed by atoms with Gasteiger partial charge in [-0.05, 0) is 62.8 Å². The molecule has 1 amide bonds. The Morgan fingerprint density at radius 1 is 1.29 bits per heavy atom. The van der Waals surface area contributed by atoms with Crippen LogP contribution in [0.1, 0.15) is 62.1 Å². The molecule has 0 radical (unpaired) electrons. The zero-order chi connectivity index (χ0) is 27.8. The third kappa shape index (κ3) is 6.27. The van der Waals surface area contributed by atoms with Gasteiger partial charge in [-0.2, -0.15) is 12.7 Å². The fraction of sp³-hybridized carbons (Fsp3) is 0.556. The van der Waals surface area contributed by atoms with Crippen LogP contribution in [-0.2, 0) is 10.2 Å². The summed E-state index contributed by atoms with van der Waals surface area (Å²) in [5, 5.41) is 0. The van der Waals surface area contributed by atoms with E-state index in [0.717, 1.165) is 6.42 Å². The fourth-order valence-corrected chi connectivity index (χ4v) is 6.42. The number of hydrogen-bond acceptors (Lipinski definition) is 7.